The maximum Gasteiger partial charge on any atom is 0.415 e. The molecular weight excluding hydrogens is 381 g/mol. The van der Waals surface area contributed by atoms with Crippen molar-refractivity contribution in [2.45, 2.75) is 46.6 Å². The highest BCUT2D eigenvalue weighted by Gasteiger charge is 2.26. The van der Waals surface area contributed by atoms with Crippen molar-refractivity contribution in [1.82, 2.24) is 14.5 Å². The Morgan fingerprint density at radius 3 is 2.43 bits per heavy atom. The minimum Gasteiger partial charge on any atom is -0.410 e. The van der Waals surface area contributed by atoms with E-state index in [1.807, 2.05) is 63.6 Å². The van der Waals surface area contributed by atoms with E-state index in [1.165, 1.54) is 12.1 Å². The van der Waals surface area contributed by atoms with Crippen molar-refractivity contribution in [2.75, 3.05) is 6.54 Å². The summed E-state index contributed by atoms with van der Waals surface area (Å²) in [7, 11) is 0. The highest BCUT2D eigenvalue weighted by molar-refractivity contribution is 5.71. The van der Waals surface area contributed by atoms with E-state index in [0.717, 1.165) is 29.2 Å². The number of aromatic nitrogens is 2. The molecule has 158 valence electrons. The molecule has 0 aliphatic rings. The normalized spacial score (nSPS) is 11.4. The zero-order chi connectivity index (χ0) is 21.9. The number of benzene rings is 2. The molecule has 1 heterocycles. The number of hydrogen-bond acceptors (Lipinski definition) is 3. The van der Waals surface area contributed by atoms with Crippen LogP contribution in [0, 0.1) is 5.82 Å². The van der Waals surface area contributed by atoms with Crippen LogP contribution in [0.25, 0.3) is 16.9 Å². The summed E-state index contributed by atoms with van der Waals surface area (Å²) in [4.78, 5) is 19.0. The summed E-state index contributed by atoms with van der Waals surface area (Å²) in [5, 5.41) is 0. The van der Waals surface area contributed by atoms with E-state index in [4.69, 9.17) is 9.72 Å². The largest absolute Gasteiger partial charge is 0.415 e. The molecular formula is C24H28FN3O2. The van der Waals surface area contributed by atoms with Gasteiger partial charge in [0.15, 0.2) is 0 Å². The number of ether oxygens (including phenoxy) is 1. The molecule has 0 saturated heterocycles. The molecule has 0 atom stereocenters. The summed E-state index contributed by atoms with van der Waals surface area (Å²) < 4.78 is 20.9. The van der Waals surface area contributed by atoms with E-state index in [1.54, 1.807) is 23.1 Å². The number of carbonyl (C=O) groups excluding carboxylic acids is 1. The van der Waals surface area contributed by atoms with E-state index in [2.05, 4.69) is 0 Å². The Kier molecular flexibility index (Phi) is 6.25. The molecule has 0 spiro atoms. The molecule has 0 saturated carbocycles. The van der Waals surface area contributed by atoms with E-state index in [0.29, 0.717) is 12.3 Å². The molecule has 30 heavy (non-hydrogen) atoms. The van der Waals surface area contributed by atoms with Crippen molar-refractivity contribution < 1.29 is 13.9 Å². The minimum absolute atomic E-state index is 0.278. The molecule has 0 aliphatic heterocycles. The number of hydrogen-bond donors (Lipinski definition) is 0. The molecule has 5 nitrogen and oxygen atoms in total. The van der Waals surface area contributed by atoms with Crippen molar-refractivity contribution in [3.8, 4) is 22.7 Å². The molecule has 0 unspecified atom stereocenters. The molecule has 1 aromatic heterocycles. The van der Waals surface area contributed by atoms with Crippen LogP contribution in [0.1, 0.15) is 40.4 Å². The average Bonchev–Trinajstić information content (AvgIpc) is 3.12. The molecule has 0 aliphatic carbocycles. The van der Waals surface area contributed by atoms with Gasteiger partial charge in [0.1, 0.15) is 17.4 Å². The summed E-state index contributed by atoms with van der Waals surface area (Å²) in [6.07, 6.45) is 2.26. The van der Waals surface area contributed by atoms with Crippen LogP contribution < -0.4 is 4.74 Å². The van der Waals surface area contributed by atoms with Crippen LogP contribution in [0.15, 0.2) is 54.7 Å². The fraction of sp³-hybridized carbons (Fsp3) is 0.333. The third-order valence-corrected chi connectivity index (χ3v) is 4.88. The average molecular weight is 410 g/mol. The lowest BCUT2D eigenvalue weighted by atomic mass is 10.1. The van der Waals surface area contributed by atoms with Gasteiger partial charge in [-0.1, -0.05) is 13.0 Å². The van der Waals surface area contributed by atoms with Crippen LogP contribution >= 0.6 is 0 Å². The molecule has 3 aromatic rings. The zero-order valence-electron chi connectivity index (χ0n) is 18.1. The Labute approximate surface area is 177 Å². The lowest BCUT2D eigenvalue weighted by Crippen LogP contribution is -2.46. The van der Waals surface area contributed by atoms with Gasteiger partial charge >= 0.3 is 6.09 Å². The van der Waals surface area contributed by atoms with Crippen LogP contribution in [0.5, 0.6) is 5.75 Å². The second kappa shape index (κ2) is 8.69. The van der Waals surface area contributed by atoms with E-state index in [9.17, 15) is 9.18 Å². The van der Waals surface area contributed by atoms with Gasteiger partial charge in [-0.3, -0.25) is 0 Å². The second-order valence-corrected chi connectivity index (χ2v) is 8.05. The first-order valence-corrected chi connectivity index (χ1v) is 10.2. The number of carbonyl (C=O) groups is 1. The monoisotopic (exact) mass is 409 g/mol. The smallest absolute Gasteiger partial charge is 0.410 e. The van der Waals surface area contributed by atoms with Gasteiger partial charge in [0.05, 0.1) is 11.4 Å². The predicted octanol–water partition coefficient (Wildman–Crippen LogP) is 5.86. The summed E-state index contributed by atoms with van der Waals surface area (Å²) in [6, 6.07) is 13.7. The first-order valence-electron chi connectivity index (χ1n) is 10.2. The highest BCUT2D eigenvalue weighted by atomic mass is 19.1. The summed E-state index contributed by atoms with van der Waals surface area (Å²) in [6.45, 7) is 10.4. The quantitative estimate of drug-likeness (QED) is 0.530. The molecule has 0 radical (unpaired) electrons. The highest BCUT2D eigenvalue weighted by Crippen LogP contribution is 2.25. The van der Waals surface area contributed by atoms with Gasteiger partial charge < -0.3 is 14.2 Å². The Balaban J connectivity index is 1.90. The topological polar surface area (TPSA) is 47.4 Å². The third-order valence-electron chi connectivity index (χ3n) is 4.88. The van der Waals surface area contributed by atoms with E-state index >= 15 is 0 Å². The number of aryl methyl sites for hydroxylation is 1. The fourth-order valence-electron chi connectivity index (χ4n) is 3.38. The van der Waals surface area contributed by atoms with Gasteiger partial charge in [-0.2, -0.15) is 0 Å². The number of halogens is 1. The van der Waals surface area contributed by atoms with Gasteiger partial charge in [0.25, 0.3) is 0 Å². The Bertz CT molecular complexity index is 1020. The molecule has 1 amide bonds. The fourth-order valence-corrected chi connectivity index (χ4v) is 3.38. The summed E-state index contributed by atoms with van der Waals surface area (Å²) in [5.74, 6) is 1.06. The van der Waals surface area contributed by atoms with Crippen LogP contribution in [0.3, 0.4) is 0 Å². The van der Waals surface area contributed by atoms with Crippen LogP contribution in [-0.4, -0.2) is 32.6 Å². The standard InChI is InChI=1S/C24H28FN3O2/c1-6-22-26-21(17-11-13-18(25)14-12-17)16-27(22)19-9-8-10-20(15-19)30-23(29)28(7-2)24(3,4)5/h8-16H,6-7H2,1-5H3. The first-order chi connectivity index (χ1) is 14.2. The summed E-state index contributed by atoms with van der Waals surface area (Å²) >= 11 is 0. The van der Waals surface area contributed by atoms with Gasteiger partial charge in [0.2, 0.25) is 0 Å². The molecule has 0 fully saturated rings. The Morgan fingerprint density at radius 2 is 1.83 bits per heavy atom. The van der Waals surface area contributed by atoms with Gasteiger partial charge in [0, 0.05) is 36.3 Å². The van der Waals surface area contributed by atoms with Crippen LogP contribution in [0.4, 0.5) is 9.18 Å². The Hall–Kier alpha value is -3.15. The van der Waals surface area contributed by atoms with Gasteiger partial charge in [-0.25, -0.2) is 14.2 Å². The maximum atomic E-state index is 13.3. The van der Waals surface area contributed by atoms with Crippen LogP contribution in [-0.2, 0) is 6.42 Å². The Morgan fingerprint density at radius 1 is 1.13 bits per heavy atom. The molecule has 0 N–H and O–H groups in total. The first kappa shape index (κ1) is 21.6. The van der Waals surface area contributed by atoms with E-state index in [-0.39, 0.29) is 17.4 Å². The second-order valence-electron chi connectivity index (χ2n) is 8.05. The van der Waals surface area contributed by atoms with Crippen molar-refractivity contribution in [2.24, 2.45) is 0 Å². The molecule has 2 aromatic carbocycles. The van der Waals surface area contributed by atoms with Crippen molar-refractivity contribution in [3.63, 3.8) is 0 Å². The molecule has 6 heteroatoms. The molecule has 3 rings (SSSR count). The number of imidazole rings is 1. The minimum atomic E-state index is -0.379. The lowest BCUT2D eigenvalue weighted by Gasteiger charge is -2.33. The lowest BCUT2D eigenvalue weighted by molar-refractivity contribution is 0.110. The van der Waals surface area contributed by atoms with Crippen molar-refractivity contribution in [3.05, 3.63) is 66.4 Å². The van der Waals surface area contributed by atoms with Crippen LogP contribution in [0.2, 0.25) is 0 Å². The SMILES string of the molecule is CCc1nc(-c2ccc(F)cc2)cn1-c1cccc(OC(=O)N(CC)C(C)(C)C)c1. The molecule has 0 bridgehead atoms. The van der Waals surface area contributed by atoms with Crippen molar-refractivity contribution in [1.29, 1.82) is 0 Å². The third kappa shape index (κ3) is 4.70. The predicted molar refractivity (Wildman–Crippen MR) is 116 cm³/mol. The van der Waals surface area contributed by atoms with Gasteiger partial charge in [-0.05, 0) is 64.1 Å². The van der Waals surface area contributed by atoms with Crippen molar-refractivity contribution >= 4 is 6.09 Å². The number of amides is 1. The number of rotatable bonds is 5. The van der Waals surface area contributed by atoms with E-state index < -0.39 is 0 Å². The maximum absolute atomic E-state index is 13.3. The zero-order valence-corrected chi connectivity index (χ0v) is 18.1. The number of nitrogens with zero attached hydrogens (tertiary/aromatic N) is 3. The van der Waals surface area contributed by atoms with Gasteiger partial charge in [-0.15, -0.1) is 0 Å². The summed E-state index contributed by atoms with van der Waals surface area (Å²) in [5.41, 5.74) is 2.12.